The number of carbonyl (C=O) groups is 1. The van der Waals surface area contributed by atoms with Crippen LogP contribution in [0.3, 0.4) is 0 Å². The third kappa shape index (κ3) is 4.00. The van der Waals surface area contributed by atoms with Crippen molar-refractivity contribution in [1.29, 1.82) is 0 Å². The van der Waals surface area contributed by atoms with E-state index in [1.165, 1.54) is 17.0 Å². The van der Waals surface area contributed by atoms with Crippen LogP contribution in [0.2, 0.25) is 0 Å². The van der Waals surface area contributed by atoms with Crippen LogP contribution < -0.4 is 4.72 Å². The maximum atomic E-state index is 12.5. The van der Waals surface area contributed by atoms with Crippen molar-refractivity contribution in [2.45, 2.75) is 25.5 Å². The molecule has 0 saturated carbocycles. The van der Waals surface area contributed by atoms with Gasteiger partial charge in [0.2, 0.25) is 10.9 Å². The molecule has 1 amide bonds. The number of benzene rings is 1. The molecule has 0 radical (unpaired) electrons. The highest BCUT2D eigenvalue weighted by Crippen LogP contribution is 2.28. The van der Waals surface area contributed by atoms with Crippen LogP contribution in [0, 0.1) is 13.8 Å². The van der Waals surface area contributed by atoms with Gasteiger partial charge in [-0.1, -0.05) is 17.3 Å². The molecule has 1 aromatic carbocycles. The number of hydrogen-bond donors (Lipinski definition) is 1. The lowest BCUT2D eigenvalue weighted by Crippen LogP contribution is -2.24. The largest absolute Gasteiger partial charge is 0.440 e. The Morgan fingerprint density at radius 1 is 1.18 bits per heavy atom. The molecule has 2 aromatic heterocycles. The quantitative estimate of drug-likeness (QED) is 0.678. The number of furan rings is 1. The Morgan fingerprint density at radius 2 is 1.93 bits per heavy atom. The molecule has 0 unspecified atom stereocenters. The van der Waals surface area contributed by atoms with Crippen molar-refractivity contribution in [3.63, 3.8) is 0 Å². The summed E-state index contributed by atoms with van der Waals surface area (Å²) in [7, 11) is -0.562. The average molecular weight is 403 g/mol. The highest BCUT2D eigenvalue weighted by Gasteiger charge is 2.22. The molecule has 0 saturated heterocycles. The number of sulfonamides is 1. The molecule has 148 valence electrons. The second kappa shape index (κ2) is 7.61. The van der Waals surface area contributed by atoms with Crippen molar-refractivity contribution >= 4 is 15.9 Å². The van der Waals surface area contributed by atoms with Crippen LogP contribution >= 0.6 is 0 Å². The summed E-state index contributed by atoms with van der Waals surface area (Å²) in [6, 6.07) is 9.67. The summed E-state index contributed by atoms with van der Waals surface area (Å²) in [6.45, 7) is 3.63. The lowest BCUT2D eigenvalue weighted by molar-refractivity contribution is 0.0827. The Hall–Kier alpha value is -2.91. The Morgan fingerprint density at radius 3 is 2.57 bits per heavy atom. The molecule has 8 nitrogen and oxygen atoms in total. The van der Waals surface area contributed by atoms with Crippen LogP contribution in [0.5, 0.6) is 0 Å². The standard InChI is InChI=1S/C19H21N3O5S/c1-12-13(2)21-27-18(12)16-8-9-17(26-16)28(24,25)20-11-14-6-5-7-15(10-14)19(23)22(3)4/h5-10,20H,11H2,1-4H3. The summed E-state index contributed by atoms with van der Waals surface area (Å²) >= 11 is 0. The van der Waals surface area contributed by atoms with Crippen molar-refractivity contribution in [3.8, 4) is 11.5 Å². The van der Waals surface area contributed by atoms with Gasteiger partial charge in [0.15, 0.2) is 5.76 Å². The minimum absolute atomic E-state index is 0.0212. The molecule has 3 aromatic rings. The predicted octanol–water partition coefficient (Wildman–Crippen LogP) is 2.73. The van der Waals surface area contributed by atoms with E-state index >= 15 is 0 Å². The highest BCUT2D eigenvalue weighted by atomic mass is 32.2. The number of aryl methyl sites for hydroxylation is 1. The van der Waals surface area contributed by atoms with E-state index in [1.807, 2.05) is 6.92 Å². The summed E-state index contributed by atoms with van der Waals surface area (Å²) in [6.07, 6.45) is 0. The summed E-state index contributed by atoms with van der Waals surface area (Å²) < 4.78 is 38.2. The molecule has 0 aliphatic heterocycles. The maximum absolute atomic E-state index is 12.5. The second-order valence-electron chi connectivity index (χ2n) is 6.57. The fourth-order valence-electron chi connectivity index (χ4n) is 2.55. The van der Waals surface area contributed by atoms with Gasteiger partial charge in [-0.3, -0.25) is 4.79 Å². The number of aromatic nitrogens is 1. The van der Waals surface area contributed by atoms with Gasteiger partial charge < -0.3 is 13.8 Å². The number of carbonyl (C=O) groups excluding carboxylic acids is 1. The topological polar surface area (TPSA) is 106 Å². The van der Waals surface area contributed by atoms with E-state index < -0.39 is 10.0 Å². The lowest BCUT2D eigenvalue weighted by atomic mass is 10.1. The molecule has 0 atom stereocenters. The van der Waals surface area contributed by atoms with Gasteiger partial charge in [-0.05, 0) is 43.7 Å². The molecule has 1 N–H and O–H groups in total. The first-order chi connectivity index (χ1) is 13.2. The van der Waals surface area contributed by atoms with E-state index in [0.717, 1.165) is 5.56 Å². The first-order valence-corrected chi connectivity index (χ1v) is 10.0. The third-order valence-corrected chi connectivity index (χ3v) is 5.55. The van der Waals surface area contributed by atoms with Crippen LogP contribution in [-0.2, 0) is 16.6 Å². The van der Waals surface area contributed by atoms with Crippen molar-refractivity contribution in [2.24, 2.45) is 0 Å². The van der Waals surface area contributed by atoms with E-state index in [2.05, 4.69) is 9.88 Å². The van der Waals surface area contributed by atoms with E-state index in [1.54, 1.807) is 45.3 Å². The number of hydrogen-bond acceptors (Lipinski definition) is 6. The molecule has 0 bridgehead atoms. The lowest BCUT2D eigenvalue weighted by Gasteiger charge is -2.11. The fraction of sp³-hybridized carbons (Fsp3) is 0.263. The number of nitrogens with one attached hydrogen (secondary N) is 1. The van der Waals surface area contributed by atoms with Gasteiger partial charge >= 0.3 is 0 Å². The second-order valence-corrected chi connectivity index (χ2v) is 8.26. The highest BCUT2D eigenvalue weighted by molar-refractivity contribution is 7.89. The van der Waals surface area contributed by atoms with E-state index in [0.29, 0.717) is 22.6 Å². The summed E-state index contributed by atoms with van der Waals surface area (Å²) in [5.74, 6) is 0.531. The molecular formula is C19H21N3O5S. The maximum Gasteiger partial charge on any atom is 0.274 e. The first-order valence-electron chi connectivity index (χ1n) is 8.52. The summed E-state index contributed by atoms with van der Waals surface area (Å²) in [4.78, 5) is 13.5. The van der Waals surface area contributed by atoms with Gasteiger partial charge in [-0.25, -0.2) is 13.1 Å². The average Bonchev–Trinajstić information content (AvgIpc) is 3.28. The van der Waals surface area contributed by atoms with Gasteiger partial charge in [-0.2, -0.15) is 0 Å². The van der Waals surface area contributed by atoms with Gasteiger partial charge in [0, 0.05) is 31.8 Å². The van der Waals surface area contributed by atoms with Crippen LogP contribution in [0.15, 0.2) is 50.4 Å². The zero-order chi connectivity index (χ0) is 20.5. The molecule has 3 rings (SSSR count). The number of amides is 1. The molecular weight excluding hydrogens is 382 g/mol. The molecule has 9 heteroatoms. The fourth-order valence-corrected chi connectivity index (χ4v) is 3.50. The van der Waals surface area contributed by atoms with E-state index in [9.17, 15) is 13.2 Å². The van der Waals surface area contributed by atoms with Gasteiger partial charge in [0.1, 0.15) is 0 Å². The van der Waals surface area contributed by atoms with E-state index in [4.69, 9.17) is 8.94 Å². The molecule has 28 heavy (non-hydrogen) atoms. The monoisotopic (exact) mass is 403 g/mol. The van der Waals surface area contributed by atoms with Crippen molar-refractivity contribution in [3.05, 3.63) is 58.8 Å². The first kappa shape index (κ1) is 19.8. The summed E-state index contributed by atoms with van der Waals surface area (Å²) in [5, 5.41) is 3.62. The van der Waals surface area contributed by atoms with Crippen LogP contribution in [-0.4, -0.2) is 38.5 Å². The Kier molecular flexibility index (Phi) is 5.39. The van der Waals surface area contributed by atoms with Crippen LogP contribution in [0.1, 0.15) is 27.2 Å². The van der Waals surface area contributed by atoms with Crippen molar-refractivity contribution in [1.82, 2.24) is 14.8 Å². The number of nitrogens with zero attached hydrogens (tertiary/aromatic N) is 2. The SMILES string of the molecule is Cc1noc(-c2ccc(S(=O)(=O)NCc3cccc(C(=O)N(C)C)c3)o2)c1C. The zero-order valence-electron chi connectivity index (χ0n) is 16.0. The van der Waals surface area contributed by atoms with Crippen molar-refractivity contribution in [2.75, 3.05) is 14.1 Å². The smallest absolute Gasteiger partial charge is 0.274 e. The molecule has 0 spiro atoms. The van der Waals surface area contributed by atoms with Crippen molar-refractivity contribution < 1.29 is 22.2 Å². The third-order valence-electron chi connectivity index (χ3n) is 4.27. The van der Waals surface area contributed by atoms with Gasteiger partial charge in [0.05, 0.1) is 5.69 Å². The minimum Gasteiger partial charge on any atom is -0.440 e. The predicted molar refractivity (Wildman–Crippen MR) is 102 cm³/mol. The molecule has 0 fully saturated rings. The molecule has 2 heterocycles. The summed E-state index contributed by atoms with van der Waals surface area (Å²) in [5.41, 5.74) is 2.64. The van der Waals surface area contributed by atoms with Gasteiger partial charge in [0.25, 0.3) is 15.9 Å². The zero-order valence-corrected chi connectivity index (χ0v) is 16.8. The Labute approximate surface area is 163 Å². The Bertz CT molecular complexity index is 1110. The molecule has 0 aliphatic carbocycles. The Balaban J connectivity index is 1.76. The van der Waals surface area contributed by atoms with E-state index in [-0.39, 0.29) is 23.3 Å². The minimum atomic E-state index is -3.88. The van der Waals surface area contributed by atoms with Crippen LogP contribution in [0.25, 0.3) is 11.5 Å². The van der Waals surface area contributed by atoms with Gasteiger partial charge in [-0.15, -0.1) is 0 Å². The van der Waals surface area contributed by atoms with Crippen LogP contribution in [0.4, 0.5) is 0 Å². The normalized spacial score (nSPS) is 11.6. The molecule has 0 aliphatic rings. The number of rotatable bonds is 6.